The van der Waals surface area contributed by atoms with Crippen LogP contribution in [-0.2, 0) is 281 Å². The first-order valence-electron chi connectivity index (χ1n) is 42.0. The van der Waals surface area contributed by atoms with Crippen molar-refractivity contribution in [3.8, 4) is 11.5 Å². The Kier molecular flexibility index (Phi) is 102. The van der Waals surface area contributed by atoms with Crippen molar-refractivity contribution in [2.45, 2.75) is 311 Å². The van der Waals surface area contributed by atoms with Gasteiger partial charge in [0, 0.05) is 132 Å². The predicted molar refractivity (Wildman–Crippen MR) is 620 cm³/mol. The van der Waals surface area contributed by atoms with Crippen LogP contribution in [0.15, 0.2) is 133 Å². The van der Waals surface area contributed by atoms with E-state index in [1.54, 1.807) is 110 Å². The van der Waals surface area contributed by atoms with Crippen LogP contribution in [0.5, 0.6) is 11.5 Å². The van der Waals surface area contributed by atoms with E-state index in [1.807, 2.05) is 30.0 Å². The van der Waals surface area contributed by atoms with Crippen LogP contribution in [0.25, 0.3) is 19.6 Å². The van der Waals surface area contributed by atoms with Gasteiger partial charge in [-0.3, -0.25) is 0 Å². The van der Waals surface area contributed by atoms with E-state index in [4.69, 9.17) is 212 Å². The Balaban J connectivity index is -0.000000212. The number of thioether (sulfide) groups is 9. The zero-order chi connectivity index (χ0) is 94.3. The van der Waals surface area contributed by atoms with Gasteiger partial charge in [-0.15, -0.1) is 11.8 Å². The Labute approximate surface area is 939 Å². The number of benzene rings is 4. The largest absolute Gasteiger partial charge is 0.789 e. The summed E-state index contributed by atoms with van der Waals surface area (Å²) in [6.45, 7) is 61.4. The maximum absolute atomic E-state index is 5.86. The van der Waals surface area contributed by atoms with Crippen LogP contribution in [0.2, 0.25) is 0 Å². The first-order chi connectivity index (χ1) is 57.2. The average Bonchev–Trinajstić information content (AvgIpc) is 0.846. The van der Waals surface area contributed by atoms with Gasteiger partial charge in [-0.2, -0.15) is 148 Å². The molecule has 0 saturated carbocycles. The number of rotatable bonds is 43. The van der Waals surface area contributed by atoms with Crippen molar-refractivity contribution < 1.29 is 75.4 Å². The summed E-state index contributed by atoms with van der Waals surface area (Å²) in [5.74, 6) is 3.97. The maximum Gasteiger partial charge on any atom is 0.125 e. The molecule has 0 aliphatic carbocycles. The standard InChI is InChI=1S/C18H28O2S2.C16H24S2.C15H23NS2.C13H18S3.4C8H16S4.4Ni/c1-13(2)7-9-19-15-5-6-17(20-10-8-14(3)4)16(11-15)18(22)12-21;1-3-5-7-13-9-10-14(8-6-4-2)15(11-13)16(18)12-17;1-4-8-16(9-5-2)14-7-6-12(3)10-13(14)15(18)11-17;1-3-4-7-16-13-6-5-10(2)8-11(13)12(15)9-14;4*1-5(2)11-7(9)8(10)12-6(3)4;;;;/h5-6,11-14,21-22H,7-10H2,1-4H3;9-12,17-18H,3-8H2,1-2H3;6-7,10-11,17-18H,4-5,8-9H2,1-3H3;5-6,8-9,14-15H,3-4,7H2,1-2H3;4*5-6,9-10H,1-4H3;;;;/p-16. The van der Waals surface area contributed by atoms with E-state index in [0.29, 0.717) is 72.0 Å². The van der Waals surface area contributed by atoms with Crippen LogP contribution in [0.1, 0.15) is 282 Å². The van der Waals surface area contributed by atoms with Crippen molar-refractivity contribution in [3.63, 3.8) is 0 Å². The molecular weight excluding hydrogens is 2210 g/mol. The molecule has 0 atom stereocenters. The molecule has 0 bridgehead atoms. The summed E-state index contributed by atoms with van der Waals surface area (Å²) in [5, 5.41) is 10.6. The molecular formula is C94H141NNi4O2S25-16. The van der Waals surface area contributed by atoms with Gasteiger partial charge in [-0.25, -0.2) is 21.6 Å². The Hall–Kier alpha value is 2.84. The summed E-state index contributed by atoms with van der Waals surface area (Å²) >= 11 is 97.9. The topological polar surface area (TPSA) is 21.7 Å². The van der Waals surface area contributed by atoms with Gasteiger partial charge in [0.15, 0.2) is 0 Å². The smallest absolute Gasteiger partial charge is 0.125 e. The van der Waals surface area contributed by atoms with Crippen LogP contribution in [-0.4, -0.2) is 74.1 Å². The number of nitrogens with zero attached hydrogens (tertiary/aromatic N) is 1. The molecule has 0 fully saturated rings. The molecule has 0 radical (unpaired) electrons. The molecule has 0 aliphatic heterocycles. The van der Waals surface area contributed by atoms with Gasteiger partial charge in [0.25, 0.3) is 0 Å². The molecule has 4 rings (SSSR count). The van der Waals surface area contributed by atoms with Gasteiger partial charge in [-0.1, -0.05) is 246 Å². The normalized spacial score (nSPS) is 12.2. The van der Waals surface area contributed by atoms with Gasteiger partial charge < -0.3 is 216 Å². The summed E-state index contributed by atoms with van der Waals surface area (Å²) in [5.41, 5.74) is 10.6. The Morgan fingerprint density at radius 1 is 0.341 bits per heavy atom. The van der Waals surface area contributed by atoms with E-state index < -0.39 is 0 Å². The second-order valence-corrected chi connectivity index (χ2v) is 52.6. The minimum absolute atomic E-state index is 0. The molecule has 0 unspecified atom stereocenters. The summed E-state index contributed by atoms with van der Waals surface area (Å²) < 4.78 is 18.6. The Bertz CT molecular complexity index is 3480. The number of aryl methyl sites for hydroxylation is 4. The molecule has 32 heteroatoms. The van der Waals surface area contributed by atoms with Gasteiger partial charge in [0.05, 0.1) is 13.2 Å². The molecule has 740 valence electrons. The van der Waals surface area contributed by atoms with Crippen LogP contribution in [0.4, 0.5) is 5.69 Å². The van der Waals surface area contributed by atoms with Crippen molar-refractivity contribution in [1.82, 2.24) is 0 Å². The van der Waals surface area contributed by atoms with Crippen LogP contribution in [0.3, 0.4) is 0 Å². The minimum atomic E-state index is 0. The number of hydrogen-bond acceptors (Lipinski definition) is 28. The van der Waals surface area contributed by atoms with E-state index in [0.717, 1.165) is 134 Å². The fourth-order valence-electron chi connectivity index (χ4n) is 9.36. The van der Waals surface area contributed by atoms with E-state index in [1.165, 1.54) is 82.3 Å². The SMILES string of the molecule is CC(C)CCOc1ccc(OCCC(C)C)c(C([S-])=C[S-])c1.CC(C)SC([S-])=C([S-])SC(C)C.CC(C)SC([S-])=C([S-])SC(C)C.CC(C)SC([S-])=C([S-])SC(C)C.CC(C)SC([S-])=C([S-])SC(C)C.CCCCSc1ccc(C)cc1C([S-])=C[S-].CCCCc1ccc(CCCC)c(C([S-])=C[S-])c1.CCCN(CCC)c1ccc(C)cc1C([S-])=C[S-].[Ni].[Ni].[Ni].[Ni]. The van der Waals surface area contributed by atoms with E-state index >= 15 is 0 Å². The number of ether oxygens (including phenoxy) is 2. The molecule has 0 spiro atoms. The molecule has 0 aliphatic rings. The third-order valence-corrected chi connectivity index (χ3v) is 32.1. The minimum Gasteiger partial charge on any atom is -0.789 e. The summed E-state index contributed by atoms with van der Waals surface area (Å²) in [7, 11) is 0. The summed E-state index contributed by atoms with van der Waals surface area (Å²) in [6.07, 6.45) is 13.9. The Morgan fingerprint density at radius 3 is 1.01 bits per heavy atom. The van der Waals surface area contributed by atoms with E-state index in [-0.39, 0.29) is 66.0 Å². The average molecular weight is 2350 g/mol. The van der Waals surface area contributed by atoms with Crippen molar-refractivity contribution in [1.29, 1.82) is 0 Å². The number of anilines is 1. The first kappa shape index (κ1) is 144. The second-order valence-electron chi connectivity index (χ2n) is 30.7. The Morgan fingerprint density at radius 2 is 0.667 bits per heavy atom. The third-order valence-electron chi connectivity index (χ3n) is 14.9. The van der Waals surface area contributed by atoms with Crippen LogP contribution >= 0.6 is 106 Å². The van der Waals surface area contributed by atoms with Crippen molar-refractivity contribution in [3.05, 3.63) is 173 Å². The molecule has 0 heterocycles. The van der Waals surface area contributed by atoms with Crippen molar-refractivity contribution in [2.24, 2.45) is 11.8 Å². The molecule has 0 amide bonds. The van der Waals surface area contributed by atoms with E-state index in [2.05, 4.69) is 246 Å². The summed E-state index contributed by atoms with van der Waals surface area (Å²) in [4.78, 5) is 6.63. The zero-order valence-corrected chi connectivity index (χ0v) is 103. The van der Waals surface area contributed by atoms with Crippen LogP contribution in [0, 0.1) is 25.7 Å². The monoisotopic (exact) mass is 2350 g/mol. The number of hydrogen-bond donors (Lipinski definition) is 0. The summed E-state index contributed by atoms with van der Waals surface area (Å²) in [6, 6.07) is 25.4. The fourth-order valence-corrected chi connectivity index (χ4v) is 22.9. The van der Waals surface area contributed by atoms with Crippen LogP contribution < -0.4 is 14.4 Å². The van der Waals surface area contributed by atoms with Gasteiger partial charge in [0.2, 0.25) is 0 Å². The fraction of sp³-hybridized carbons (Fsp3) is 0.574. The maximum atomic E-state index is 5.86. The van der Waals surface area contributed by atoms with Gasteiger partial charge in [0.1, 0.15) is 11.5 Å². The molecule has 126 heavy (non-hydrogen) atoms. The molecule has 0 saturated heterocycles. The predicted octanol–water partition coefficient (Wildman–Crippen LogP) is 31.9. The second kappa shape index (κ2) is 89.2. The van der Waals surface area contributed by atoms with Crippen molar-refractivity contribution >= 4 is 333 Å². The zero-order valence-electron chi connectivity index (χ0n) is 78.8. The van der Waals surface area contributed by atoms with Gasteiger partial charge in [-0.05, 0) is 153 Å². The molecule has 0 N–H and O–H groups in total. The molecule has 4 aromatic carbocycles. The first-order valence-corrected chi connectivity index (χ1v) is 56.8. The number of unbranched alkanes of at least 4 members (excludes halogenated alkanes) is 3. The third kappa shape index (κ3) is 76.7. The quantitative estimate of drug-likeness (QED) is 0.0182. The molecule has 0 aromatic heterocycles. The van der Waals surface area contributed by atoms with Gasteiger partial charge >= 0.3 is 0 Å². The molecule has 4 aromatic rings. The molecule has 3 nitrogen and oxygen atoms in total. The van der Waals surface area contributed by atoms with Crippen molar-refractivity contribution in [2.75, 3.05) is 37.0 Å². The van der Waals surface area contributed by atoms with E-state index in [9.17, 15) is 0 Å².